The average molecular weight is 355 g/mol. The fourth-order valence-corrected chi connectivity index (χ4v) is 4.43. The Kier molecular flexibility index (Phi) is 5.13. The molecule has 0 aromatic heterocycles. The summed E-state index contributed by atoms with van der Waals surface area (Å²) >= 11 is 1.59. The highest BCUT2D eigenvalue weighted by Crippen LogP contribution is 2.42. The van der Waals surface area contributed by atoms with Crippen LogP contribution in [0, 0.1) is 13.8 Å². The number of thioether (sulfide) groups is 1. The van der Waals surface area contributed by atoms with Crippen molar-refractivity contribution >= 4 is 23.6 Å². The maximum Gasteiger partial charge on any atom is 0.329 e. The summed E-state index contributed by atoms with van der Waals surface area (Å²) in [6.07, 6.45) is 0. The van der Waals surface area contributed by atoms with Crippen LogP contribution >= 0.6 is 11.8 Å². The lowest BCUT2D eigenvalue weighted by Crippen LogP contribution is -2.43. The van der Waals surface area contributed by atoms with Crippen LogP contribution in [0.3, 0.4) is 0 Å². The van der Waals surface area contributed by atoms with Gasteiger partial charge in [-0.25, -0.2) is 4.79 Å². The third-order valence-corrected chi connectivity index (χ3v) is 5.77. The van der Waals surface area contributed by atoms with E-state index in [4.69, 9.17) is 4.74 Å². The Labute approximate surface area is 152 Å². The summed E-state index contributed by atoms with van der Waals surface area (Å²) in [6.45, 7) is 3.93. The van der Waals surface area contributed by atoms with Crippen LogP contribution in [-0.4, -0.2) is 35.7 Å². The SMILES string of the molecule is COC(=O)C1CSC(c2ccc(C)cc2)N1C(=O)c1ccccc1C. The number of nitrogens with zero attached hydrogens (tertiary/aromatic N) is 1. The molecule has 25 heavy (non-hydrogen) atoms. The topological polar surface area (TPSA) is 46.6 Å². The van der Waals surface area contributed by atoms with Gasteiger partial charge in [0.05, 0.1) is 7.11 Å². The van der Waals surface area contributed by atoms with Gasteiger partial charge in [-0.15, -0.1) is 11.8 Å². The van der Waals surface area contributed by atoms with Crippen molar-refractivity contribution in [3.63, 3.8) is 0 Å². The van der Waals surface area contributed by atoms with E-state index in [0.717, 1.165) is 16.7 Å². The number of ether oxygens (including phenoxy) is 1. The first-order valence-electron chi connectivity index (χ1n) is 8.17. The van der Waals surface area contributed by atoms with Gasteiger partial charge in [-0.1, -0.05) is 48.0 Å². The van der Waals surface area contributed by atoms with E-state index in [2.05, 4.69) is 0 Å². The van der Waals surface area contributed by atoms with Crippen molar-refractivity contribution in [3.8, 4) is 0 Å². The number of carbonyl (C=O) groups excluding carboxylic acids is 2. The predicted octanol–water partition coefficient (Wildman–Crippen LogP) is 3.73. The number of carbonyl (C=O) groups is 2. The Morgan fingerprint density at radius 3 is 2.40 bits per heavy atom. The molecule has 1 aliphatic heterocycles. The van der Waals surface area contributed by atoms with Crippen LogP contribution in [0.25, 0.3) is 0 Å². The van der Waals surface area contributed by atoms with Crippen molar-refractivity contribution in [2.24, 2.45) is 0 Å². The lowest BCUT2D eigenvalue weighted by atomic mass is 10.1. The first kappa shape index (κ1) is 17.5. The molecule has 0 radical (unpaired) electrons. The van der Waals surface area contributed by atoms with Crippen molar-refractivity contribution in [1.29, 1.82) is 0 Å². The Balaban J connectivity index is 2.01. The van der Waals surface area contributed by atoms with Gasteiger partial charge in [-0.3, -0.25) is 4.79 Å². The molecule has 2 unspecified atom stereocenters. The van der Waals surface area contributed by atoms with Crippen molar-refractivity contribution in [2.75, 3.05) is 12.9 Å². The first-order chi connectivity index (χ1) is 12.0. The first-order valence-corrected chi connectivity index (χ1v) is 9.22. The van der Waals surface area contributed by atoms with Gasteiger partial charge < -0.3 is 9.64 Å². The summed E-state index contributed by atoms with van der Waals surface area (Å²) in [7, 11) is 1.36. The molecular weight excluding hydrogens is 334 g/mol. The summed E-state index contributed by atoms with van der Waals surface area (Å²) in [5.41, 5.74) is 3.70. The quantitative estimate of drug-likeness (QED) is 0.787. The molecule has 0 spiro atoms. The number of benzene rings is 2. The van der Waals surface area contributed by atoms with Crippen LogP contribution in [0.15, 0.2) is 48.5 Å². The zero-order valence-corrected chi connectivity index (χ0v) is 15.4. The number of hydrogen-bond donors (Lipinski definition) is 0. The van der Waals surface area contributed by atoms with Gasteiger partial charge in [0, 0.05) is 11.3 Å². The van der Waals surface area contributed by atoms with Crippen molar-refractivity contribution in [1.82, 2.24) is 4.90 Å². The predicted molar refractivity (Wildman–Crippen MR) is 99.5 cm³/mol. The lowest BCUT2D eigenvalue weighted by molar-refractivity contribution is -0.145. The molecule has 0 bridgehead atoms. The smallest absolute Gasteiger partial charge is 0.329 e. The fraction of sp³-hybridized carbons (Fsp3) is 0.300. The van der Waals surface area contributed by atoms with Crippen molar-refractivity contribution in [3.05, 3.63) is 70.8 Å². The van der Waals surface area contributed by atoms with Crippen molar-refractivity contribution in [2.45, 2.75) is 25.3 Å². The molecule has 0 N–H and O–H groups in total. The largest absolute Gasteiger partial charge is 0.467 e. The zero-order valence-electron chi connectivity index (χ0n) is 14.6. The highest BCUT2D eigenvalue weighted by Gasteiger charge is 2.43. The lowest BCUT2D eigenvalue weighted by Gasteiger charge is -2.29. The molecule has 5 heteroatoms. The van der Waals surface area contributed by atoms with Crippen LogP contribution in [0.2, 0.25) is 0 Å². The van der Waals surface area contributed by atoms with Gasteiger partial charge >= 0.3 is 5.97 Å². The molecule has 2 aromatic rings. The second-order valence-corrected chi connectivity index (χ2v) is 7.28. The maximum atomic E-state index is 13.3. The molecule has 0 aliphatic carbocycles. The minimum atomic E-state index is -0.576. The van der Waals surface area contributed by atoms with E-state index >= 15 is 0 Å². The van der Waals surface area contributed by atoms with E-state index in [1.807, 2.05) is 56.3 Å². The van der Waals surface area contributed by atoms with Gasteiger partial charge in [-0.2, -0.15) is 0 Å². The van der Waals surface area contributed by atoms with Crippen LogP contribution in [-0.2, 0) is 9.53 Å². The molecule has 0 saturated carbocycles. The summed E-state index contributed by atoms with van der Waals surface area (Å²) < 4.78 is 4.94. The Bertz CT molecular complexity index is 788. The number of hydrogen-bond acceptors (Lipinski definition) is 4. The highest BCUT2D eigenvalue weighted by molar-refractivity contribution is 7.99. The third-order valence-electron chi connectivity index (χ3n) is 4.45. The van der Waals surface area contributed by atoms with Crippen LogP contribution in [0.1, 0.15) is 32.4 Å². The number of rotatable bonds is 3. The van der Waals surface area contributed by atoms with E-state index in [1.54, 1.807) is 22.7 Å². The van der Waals surface area contributed by atoms with Crippen LogP contribution in [0.4, 0.5) is 0 Å². The minimum absolute atomic E-state index is 0.135. The number of amides is 1. The van der Waals surface area contributed by atoms with Crippen molar-refractivity contribution < 1.29 is 14.3 Å². The Morgan fingerprint density at radius 1 is 1.08 bits per heavy atom. The Morgan fingerprint density at radius 2 is 1.76 bits per heavy atom. The molecule has 1 heterocycles. The molecule has 1 amide bonds. The standard InChI is InChI=1S/C20H21NO3S/c1-13-8-10-15(11-9-13)19-21(17(12-25-19)20(23)24-3)18(22)16-7-5-4-6-14(16)2/h4-11,17,19H,12H2,1-3H3. The second kappa shape index (κ2) is 7.31. The minimum Gasteiger partial charge on any atom is -0.467 e. The molecule has 2 aromatic carbocycles. The molecule has 3 rings (SSSR count). The number of aryl methyl sites for hydroxylation is 2. The number of methoxy groups -OCH3 is 1. The van der Waals surface area contributed by atoms with E-state index in [1.165, 1.54) is 7.11 Å². The summed E-state index contributed by atoms with van der Waals surface area (Å²) in [5, 5.41) is -0.197. The van der Waals surface area contributed by atoms with E-state index in [-0.39, 0.29) is 17.3 Å². The molecule has 2 atom stereocenters. The zero-order chi connectivity index (χ0) is 18.0. The molecular formula is C20H21NO3S. The van der Waals surface area contributed by atoms with Gasteiger partial charge in [-0.05, 0) is 31.0 Å². The normalized spacial score (nSPS) is 19.7. The molecule has 130 valence electrons. The summed E-state index contributed by atoms with van der Waals surface area (Å²) in [6, 6.07) is 15.0. The second-order valence-electron chi connectivity index (χ2n) is 6.16. The molecule has 1 aliphatic rings. The van der Waals surface area contributed by atoms with E-state index in [9.17, 15) is 9.59 Å². The van der Waals surface area contributed by atoms with Crippen LogP contribution in [0.5, 0.6) is 0 Å². The van der Waals surface area contributed by atoms with Gasteiger partial charge in [0.2, 0.25) is 0 Å². The van der Waals surface area contributed by atoms with Crippen LogP contribution < -0.4 is 0 Å². The summed E-state index contributed by atoms with van der Waals surface area (Å²) in [5.74, 6) is 0.0242. The fourth-order valence-electron chi connectivity index (χ4n) is 3.01. The summed E-state index contributed by atoms with van der Waals surface area (Å²) in [4.78, 5) is 27.2. The molecule has 1 saturated heterocycles. The molecule has 1 fully saturated rings. The van der Waals surface area contributed by atoms with E-state index in [0.29, 0.717) is 11.3 Å². The monoisotopic (exact) mass is 355 g/mol. The number of esters is 1. The average Bonchev–Trinajstić information content (AvgIpc) is 3.06. The van der Waals surface area contributed by atoms with Gasteiger partial charge in [0.25, 0.3) is 5.91 Å². The Hall–Kier alpha value is -2.27. The third kappa shape index (κ3) is 3.42. The van der Waals surface area contributed by atoms with Gasteiger partial charge in [0.1, 0.15) is 11.4 Å². The maximum absolute atomic E-state index is 13.3. The molecule has 4 nitrogen and oxygen atoms in total. The highest BCUT2D eigenvalue weighted by atomic mass is 32.2. The van der Waals surface area contributed by atoms with E-state index < -0.39 is 6.04 Å². The van der Waals surface area contributed by atoms with Gasteiger partial charge in [0.15, 0.2) is 0 Å².